The lowest BCUT2D eigenvalue weighted by Gasteiger charge is -1.98. The first-order chi connectivity index (χ1) is 4.81. The summed E-state index contributed by atoms with van der Waals surface area (Å²) in [6.45, 7) is 3.72. The molecule has 10 heavy (non-hydrogen) atoms. The average molecular weight is 143 g/mol. The number of rotatable bonds is 5. The zero-order valence-electron chi connectivity index (χ0n) is 5.50. The van der Waals surface area contributed by atoms with Crippen LogP contribution in [0.25, 0.3) is 0 Å². The van der Waals surface area contributed by atoms with Crippen LogP contribution in [0, 0.1) is 0 Å². The van der Waals surface area contributed by atoms with E-state index in [1.54, 1.807) is 0 Å². The summed E-state index contributed by atoms with van der Waals surface area (Å²) in [5.74, 6) is -0.479. The molecule has 0 spiro atoms. The third-order valence-corrected chi connectivity index (χ3v) is 0.741. The van der Waals surface area contributed by atoms with Gasteiger partial charge in [0.15, 0.2) is 0 Å². The zero-order chi connectivity index (χ0) is 7.82. The van der Waals surface area contributed by atoms with Crippen molar-refractivity contribution >= 4 is 12.4 Å². The first-order valence-corrected chi connectivity index (χ1v) is 2.77. The van der Waals surface area contributed by atoms with E-state index in [-0.39, 0.29) is 6.61 Å². The molecule has 0 aromatic rings. The molecule has 0 saturated carbocycles. The van der Waals surface area contributed by atoms with Gasteiger partial charge in [0, 0.05) is 6.08 Å². The van der Waals surface area contributed by atoms with Gasteiger partial charge < -0.3 is 10.1 Å². The summed E-state index contributed by atoms with van der Waals surface area (Å²) in [7, 11) is 0. The molecular weight excluding hydrogens is 134 g/mol. The zero-order valence-corrected chi connectivity index (χ0v) is 5.50. The summed E-state index contributed by atoms with van der Waals surface area (Å²) in [6, 6.07) is 0. The first kappa shape index (κ1) is 8.68. The van der Waals surface area contributed by atoms with Crippen LogP contribution < -0.4 is 5.32 Å². The van der Waals surface area contributed by atoms with E-state index in [9.17, 15) is 9.59 Å². The fourth-order valence-electron chi connectivity index (χ4n) is 0.328. The quantitative estimate of drug-likeness (QED) is 0.243. The second-order valence-electron chi connectivity index (χ2n) is 1.44. The van der Waals surface area contributed by atoms with Crippen molar-refractivity contribution in [1.29, 1.82) is 0 Å². The number of carbonyl (C=O) groups is 2. The summed E-state index contributed by atoms with van der Waals surface area (Å²) in [4.78, 5) is 20.0. The molecule has 0 rings (SSSR count). The van der Waals surface area contributed by atoms with Gasteiger partial charge in [-0.25, -0.2) is 4.79 Å². The van der Waals surface area contributed by atoms with Crippen molar-refractivity contribution in [3.05, 3.63) is 12.7 Å². The number of hydrogen-bond donors (Lipinski definition) is 1. The van der Waals surface area contributed by atoms with Gasteiger partial charge in [0.05, 0.1) is 6.54 Å². The highest BCUT2D eigenvalue weighted by molar-refractivity contribution is 5.81. The highest BCUT2D eigenvalue weighted by Crippen LogP contribution is 1.75. The first-order valence-electron chi connectivity index (χ1n) is 2.77. The molecule has 4 heteroatoms. The minimum atomic E-state index is -0.479. The minimum absolute atomic E-state index is 0.184. The highest BCUT2D eigenvalue weighted by Gasteiger charge is 1.91. The lowest BCUT2D eigenvalue weighted by atomic mass is 10.6. The SMILES string of the molecule is C=CC(=O)OCCNC=O. The van der Waals surface area contributed by atoms with Gasteiger partial charge in [0.2, 0.25) is 6.41 Å². The lowest BCUT2D eigenvalue weighted by Crippen LogP contribution is -2.18. The second-order valence-corrected chi connectivity index (χ2v) is 1.44. The predicted octanol–water partition coefficient (Wildman–Crippen LogP) is -0.538. The topological polar surface area (TPSA) is 55.4 Å². The van der Waals surface area contributed by atoms with Gasteiger partial charge in [-0.2, -0.15) is 0 Å². The molecule has 0 aromatic carbocycles. The van der Waals surface area contributed by atoms with E-state index in [1.165, 1.54) is 0 Å². The van der Waals surface area contributed by atoms with Gasteiger partial charge in [-0.15, -0.1) is 0 Å². The molecule has 4 nitrogen and oxygen atoms in total. The van der Waals surface area contributed by atoms with Crippen LogP contribution in [-0.4, -0.2) is 25.5 Å². The van der Waals surface area contributed by atoms with Gasteiger partial charge in [0.1, 0.15) is 6.61 Å². The third-order valence-electron chi connectivity index (χ3n) is 0.741. The molecule has 0 radical (unpaired) electrons. The Balaban J connectivity index is 3.11. The van der Waals surface area contributed by atoms with Crippen LogP contribution in [0.5, 0.6) is 0 Å². The molecule has 1 amide bonds. The van der Waals surface area contributed by atoms with Gasteiger partial charge in [-0.05, 0) is 0 Å². The number of ether oxygens (including phenoxy) is 1. The monoisotopic (exact) mass is 143 g/mol. The van der Waals surface area contributed by atoms with E-state index in [1.807, 2.05) is 0 Å². The molecule has 1 N–H and O–H groups in total. The van der Waals surface area contributed by atoms with E-state index >= 15 is 0 Å². The normalized spacial score (nSPS) is 8.00. The maximum Gasteiger partial charge on any atom is 0.330 e. The van der Waals surface area contributed by atoms with Crippen LogP contribution in [-0.2, 0) is 14.3 Å². The third kappa shape index (κ3) is 4.83. The Labute approximate surface area is 58.9 Å². The van der Waals surface area contributed by atoms with Gasteiger partial charge in [0.25, 0.3) is 0 Å². The number of nitrogens with one attached hydrogen (secondary N) is 1. The standard InChI is InChI=1S/C6H9NO3/c1-2-6(9)10-4-3-7-5-8/h2,5H,1,3-4H2,(H,7,8). The van der Waals surface area contributed by atoms with Crippen molar-refractivity contribution in [2.45, 2.75) is 0 Å². The smallest absolute Gasteiger partial charge is 0.330 e. The molecule has 0 aromatic heterocycles. The van der Waals surface area contributed by atoms with Crippen molar-refractivity contribution < 1.29 is 14.3 Å². The summed E-state index contributed by atoms with van der Waals surface area (Å²) >= 11 is 0. The van der Waals surface area contributed by atoms with Crippen molar-refractivity contribution in [3.63, 3.8) is 0 Å². The van der Waals surface area contributed by atoms with Gasteiger partial charge >= 0.3 is 5.97 Å². The fraction of sp³-hybridized carbons (Fsp3) is 0.333. The van der Waals surface area contributed by atoms with Gasteiger partial charge in [-0.1, -0.05) is 6.58 Å². The van der Waals surface area contributed by atoms with Crippen LogP contribution in [0.3, 0.4) is 0 Å². The Hall–Kier alpha value is -1.32. The van der Waals surface area contributed by atoms with Crippen LogP contribution in [0.1, 0.15) is 0 Å². The minimum Gasteiger partial charge on any atom is -0.461 e. The summed E-state index contributed by atoms with van der Waals surface area (Å²) < 4.78 is 4.51. The second kappa shape index (κ2) is 5.81. The molecular formula is C6H9NO3. The molecule has 0 saturated heterocycles. The molecule has 0 aliphatic carbocycles. The number of amides is 1. The molecule has 0 aliphatic heterocycles. The van der Waals surface area contributed by atoms with E-state index in [0.29, 0.717) is 13.0 Å². The van der Waals surface area contributed by atoms with Crippen molar-refractivity contribution in [1.82, 2.24) is 5.32 Å². The Morgan fingerprint density at radius 1 is 1.70 bits per heavy atom. The van der Waals surface area contributed by atoms with Crippen molar-refractivity contribution in [2.24, 2.45) is 0 Å². The average Bonchev–Trinajstić information content (AvgIpc) is 1.98. The van der Waals surface area contributed by atoms with Crippen LogP contribution in [0.4, 0.5) is 0 Å². The number of hydrogen-bond acceptors (Lipinski definition) is 3. The summed E-state index contributed by atoms with van der Waals surface area (Å²) in [6.07, 6.45) is 1.61. The van der Waals surface area contributed by atoms with E-state index in [4.69, 9.17) is 0 Å². The van der Waals surface area contributed by atoms with Crippen LogP contribution in [0.2, 0.25) is 0 Å². The van der Waals surface area contributed by atoms with Crippen molar-refractivity contribution in [3.8, 4) is 0 Å². The summed E-state index contributed by atoms with van der Waals surface area (Å²) in [5, 5.41) is 2.34. The Kier molecular flexibility index (Phi) is 5.04. The largest absolute Gasteiger partial charge is 0.461 e. The van der Waals surface area contributed by atoms with Crippen molar-refractivity contribution in [2.75, 3.05) is 13.2 Å². The van der Waals surface area contributed by atoms with E-state index < -0.39 is 5.97 Å². The summed E-state index contributed by atoms with van der Waals surface area (Å²) in [5.41, 5.74) is 0. The Morgan fingerprint density at radius 2 is 2.40 bits per heavy atom. The highest BCUT2D eigenvalue weighted by atomic mass is 16.5. The molecule has 0 fully saturated rings. The van der Waals surface area contributed by atoms with E-state index in [2.05, 4.69) is 16.6 Å². The molecule has 0 bridgehead atoms. The Morgan fingerprint density at radius 3 is 2.90 bits per heavy atom. The number of esters is 1. The Bertz CT molecular complexity index is 133. The maximum atomic E-state index is 10.3. The van der Waals surface area contributed by atoms with Crippen LogP contribution in [0.15, 0.2) is 12.7 Å². The molecule has 0 unspecified atom stereocenters. The maximum absolute atomic E-state index is 10.3. The molecule has 0 aliphatic rings. The lowest BCUT2D eigenvalue weighted by molar-refractivity contribution is -0.137. The molecule has 0 heterocycles. The van der Waals surface area contributed by atoms with Crippen LogP contribution >= 0.6 is 0 Å². The van der Waals surface area contributed by atoms with Gasteiger partial charge in [-0.3, -0.25) is 4.79 Å². The molecule has 56 valence electrons. The predicted molar refractivity (Wildman–Crippen MR) is 35.2 cm³/mol. The fourth-order valence-corrected chi connectivity index (χ4v) is 0.328. The number of carbonyl (C=O) groups excluding carboxylic acids is 2. The van der Waals surface area contributed by atoms with E-state index in [0.717, 1.165) is 6.08 Å². The molecule has 0 atom stereocenters.